The number of nitrogens with two attached hydrogens (primary N) is 1. The van der Waals surface area contributed by atoms with Gasteiger partial charge in [-0.1, -0.05) is 0 Å². The highest BCUT2D eigenvalue weighted by Crippen LogP contribution is 2.24. The Balaban J connectivity index is 2.28. The van der Waals surface area contributed by atoms with E-state index in [1.165, 1.54) is 12.5 Å². The van der Waals surface area contributed by atoms with Crippen molar-refractivity contribution in [2.75, 3.05) is 10.5 Å². The van der Waals surface area contributed by atoms with Gasteiger partial charge in [0.15, 0.2) is 5.03 Å². The highest BCUT2D eigenvalue weighted by atomic mass is 79.9. The van der Waals surface area contributed by atoms with Crippen molar-refractivity contribution >= 4 is 37.3 Å². The lowest BCUT2D eigenvalue weighted by Gasteiger charge is -2.07. The molecule has 0 unspecified atom stereocenters. The summed E-state index contributed by atoms with van der Waals surface area (Å²) in [6.45, 7) is 2.57. The third-order valence-electron chi connectivity index (χ3n) is 2.50. The second-order valence-electron chi connectivity index (χ2n) is 3.88. The first-order chi connectivity index (χ1) is 8.92. The number of sulfonamides is 1. The predicted molar refractivity (Wildman–Crippen MR) is 77.3 cm³/mol. The van der Waals surface area contributed by atoms with Crippen molar-refractivity contribution in [3.63, 3.8) is 0 Å². The van der Waals surface area contributed by atoms with Crippen LogP contribution >= 0.6 is 15.9 Å². The van der Waals surface area contributed by atoms with E-state index < -0.39 is 10.0 Å². The molecule has 0 radical (unpaired) electrons. The molecule has 0 aliphatic rings. The van der Waals surface area contributed by atoms with Crippen molar-refractivity contribution in [1.82, 2.24) is 9.55 Å². The number of halogens is 1. The number of rotatable bonds is 4. The standard InChI is InChI=1S/C11H13BrN4O2S/c1-2-16-6-11(14-7-16)19(17,18)15-8-3-4-10(13)9(12)5-8/h3-7,15H,2,13H2,1H3. The number of nitrogens with one attached hydrogen (secondary N) is 1. The Hall–Kier alpha value is -1.54. The van der Waals surface area contributed by atoms with Crippen molar-refractivity contribution < 1.29 is 8.42 Å². The van der Waals surface area contributed by atoms with Crippen molar-refractivity contribution in [2.45, 2.75) is 18.5 Å². The van der Waals surface area contributed by atoms with E-state index in [2.05, 4.69) is 25.6 Å². The van der Waals surface area contributed by atoms with E-state index in [1.54, 1.807) is 22.8 Å². The maximum absolute atomic E-state index is 12.1. The summed E-state index contributed by atoms with van der Waals surface area (Å²) < 4.78 is 29.0. The molecule has 6 nitrogen and oxygen atoms in total. The summed E-state index contributed by atoms with van der Waals surface area (Å²) in [5.41, 5.74) is 6.61. The zero-order chi connectivity index (χ0) is 14.0. The van der Waals surface area contributed by atoms with Crippen molar-refractivity contribution in [1.29, 1.82) is 0 Å². The number of anilines is 2. The summed E-state index contributed by atoms with van der Waals surface area (Å²) in [6, 6.07) is 4.81. The summed E-state index contributed by atoms with van der Waals surface area (Å²) in [5.74, 6) is 0. The number of benzene rings is 1. The summed E-state index contributed by atoms with van der Waals surface area (Å²) in [4.78, 5) is 3.87. The number of imidazole rings is 1. The Labute approximate surface area is 119 Å². The van der Waals surface area contributed by atoms with Gasteiger partial charge in [-0.05, 0) is 41.1 Å². The second kappa shape index (κ2) is 5.22. The number of hydrogen-bond acceptors (Lipinski definition) is 4. The molecule has 1 heterocycles. The average molecular weight is 345 g/mol. The van der Waals surface area contributed by atoms with E-state index in [4.69, 9.17) is 5.73 Å². The van der Waals surface area contributed by atoms with Crippen LogP contribution in [0.5, 0.6) is 0 Å². The first kappa shape index (κ1) is 13.9. The van der Waals surface area contributed by atoms with Gasteiger partial charge in [0.05, 0.1) is 12.0 Å². The van der Waals surface area contributed by atoms with Gasteiger partial charge < -0.3 is 10.3 Å². The van der Waals surface area contributed by atoms with Crippen LogP contribution in [0.2, 0.25) is 0 Å². The van der Waals surface area contributed by atoms with Gasteiger partial charge in [-0.2, -0.15) is 8.42 Å². The fourth-order valence-electron chi connectivity index (χ4n) is 1.45. The molecular formula is C11H13BrN4O2S. The van der Waals surface area contributed by atoms with Gasteiger partial charge in [-0.25, -0.2) is 4.98 Å². The van der Waals surface area contributed by atoms with Crippen LogP contribution < -0.4 is 10.5 Å². The van der Waals surface area contributed by atoms with Crippen LogP contribution in [0.1, 0.15) is 6.92 Å². The Kier molecular flexibility index (Phi) is 3.81. The molecule has 0 atom stereocenters. The van der Waals surface area contributed by atoms with Gasteiger partial charge in [0.1, 0.15) is 0 Å². The van der Waals surface area contributed by atoms with Crippen molar-refractivity contribution in [3.05, 3.63) is 35.2 Å². The van der Waals surface area contributed by atoms with Crippen LogP contribution in [0, 0.1) is 0 Å². The van der Waals surface area contributed by atoms with Gasteiger partial charge in [-0.15, -0.1) is 0 Å². The summed E-state index contributed by atoms with van der Waals surface area (Å²) in [6.07, 6.45) is 2.96. The fraction of sp³-hybridized carbons (Fsp3) is 0.182. The van der Waals surface area contributed by atoms with E-state index in [9.17, 15) is 8.42 Å². The topological polar surface area (TPSA) is 90.0 Å². The van der Waals surface area contributed by atoms with E-state index in [0.29, 0.717) is 22.4 Å². The molecule has 2 aromatic rings. The minimum atomic E-state index is -3.68. The number of aromatic nitrogens is 2. The molecule has 0 aliphatic heterocycles. The SMILES string of the molecule is CCn1cnc(S(=O)(=O)Nc2ccc(N)c(Br)c2)c1. The third kappa shape index (κ3) is 3.07. The minimum Gasteiger partial charge on any atom is -0.398 e. The number of nitrogens with zero attached hydrogens (tertiary/aromatic N) is 2. The smallest absolute Gasteiger partial charge is 0.280 e. The average Bonchev–Trinajstić information content (AvgIpc) is 2.83. The van der Waals surface area contributed by atoms with E-state index in [-0.39, 0.29) is 5.03 Å². The Bertz CT molecular complexity index is 696. The van der Waals surface area contributed by atoms with Crippen LogP contribution in [0.4, 0.5) is 11.4 Å². The first-order valence-electron chi connectivity index (χ1n) is 5.52. The third-order valence-corrected chi connectivity index (χ3v) is 4.46. The molecule has 0 spiro atoms. The molecule has 0 amide bonds. The van der Waals surface area contributed by atoms with E-state index in [0.717, 1.165) is 0 Å². The lowest BCUT2D eigenvalue weighted by molar-refractivity contribution is 0.598. The van der Waals surface area contributed by atoms with Gasteiger partial charge >= 0.3 is 0 Å². The molecule has 0 bridgehead atoms. The van der Waals surface area contributed by atoms with Crippen LogP contribution in [0.3, 0.4) is 0 Å². The Morgan fingerprint density at radius 2 is 2.21 bits per heavy atom. The van der Waals surface area contributed by atoms with Crippen LogP contribution in [-0.2, 0) is 16.6 Å². The van der Waals surface area contributed by atoms with Gasteiger partial charge in [-0.3, -0.25) is 4.72 Å². The predicted octanol–water partition coefficient (Wildman–Crippen LogP) is 2.05. The molecule has 1 aromatic carbocycles. The molecule has 0 aliphatic carbocycles. The van der Waals surface area contributed by atoms with Gasteiger partial charge in [0, 0.05) is 22.9 Å². The minimum absolute atomic E-state index is 0.0118. The summed E-state index contributed by atoms with van der Waals surface area (Å²) in [7, 11) is -3.68. The Morgan fingerprint density at radius 3 is 2.79 bits per heavy atom. The van der Waals surface area contributed by atoms with Crippen LogP contribution in [0.25, 0.3) is 0 Å². The van der Waals surface area contributed by atoms with Crippen LogP contribution in [-0.4, -0.2) is 18.0 Å². The van der Waals surface area contributed by atoms with Crippen LogP contribution in [0.15, 0.2) is 40.2 Å². The lowest BCUT2D eigenvalue weighted by atomic mass is 10.3. The fourth-order valence-corrected chi connectivity index (χ4v) is 2.83. The molecule has 0 fully saturated rings. The first-order valence-corrected chi connectivity index (χ1v) is 7.79. The Morgan fingerprint density at radius 1 is 1.47 bits per heavy atom. The zero-order valence-electron chi connectivity index (χ0n) is 10.2. The second-order valence-corrected chi connectivity index (χ2v) is 6.37. The zero-order valence-corrected chi connectivity index (χ0v) is 12.6. The molecule has 0 saturated heterocycles. The van der Waals surface area contributed by atoms with Crippen molar-refractivity contribution in [2.24, 2.45) is 0 Å². The largest absolute Gasteiger partial charge is 0.398 e. The highest BCUT2D eigenvalue weighted by Gasteiger charge is 2.17. The number of hydrogen-bond donors (Lipinski definition) is 2. The lowest BCUT2D eigenvalue weighted by Crippen LogP contribution is -2.13. The maximum Gasteiger partial charge on any atom is 0.280 e. The molecule has 19 heavy (non-hydrogen) atoms. The van der Waals surface area contributed by atoms with E-state index >= 15 is 0 Å². The molecule has 2 rings (SSSR count). The molecule has 3 N–H and O–H groups in total. The molecule has 8 heteroatoms. The van der Waals surface area contributed by atoms with Crippen molar-refractivity contribution in [3.8, 4) is 0 Å². The highest BCUT2D eigenvalue weighted by molar-refractivity contribution is 9.10. The summed E-state index contributed by atoms with van der Waals surface area (Å²) in [5, 5.41) is -0.0118. The number of aryl methyl sites for hydroxylation is 1. The van der Waals surface area contributed by atoms with Gasteiger partial charge in [0.25, 0.3) is 10.0 Å². The normalized spacial score (nSPS) is 11.5. The maximum atomic E-state index is 12.1. The molecular weight excluding hydrogens is 332 g/mol. The molecule has 1 aromatic heterocycles. The summed E-state index contributed by atoms with van der Waals surface area (Å²) >= 11 is 3.25. The monoisotopic (exact) mass is 344 g/mol. The molecule has 0 saturated carbocycles. The quantitative estimate of drug-likeness (QED) is 0.830. The molecule has 102 valence electrons. The van der Waals surface area contributed by atoms with Gasteiger partial charge in [0.2, 0.25) is 0 Å². The van der Waals surface area contributed by atoms with E-state index in [1.807, 2.05) is 6.92 Å². The number of nitrogen functional groups attached to an aromatic ring is 1.